The van der Waals surface area contributed by atoms with Crippen molar-refractivity contribution in [2.45, 2.75) is 23.6 Å². The first-order valence-corrected chi connectivity index (χ1v) is 11.6. The van der Waals surface area contributed by atoms with Gasteiger partial charge in [0.1, 0.15) is 0 Å². The fourth-order valence-corrected chi connectivity index (χ4v) is 5.27. The highest BCUT2D eigenvalue weighted by Crippen LogP contribution is 2.20. The van der Waals surface area contributed by atoms with E-state index in [1.165, 1.54) is 33.2 Å². The molecule has 0 saturated carbocycles. The second-order valence-electron chi connectivity index (χ2n) is 6.55. The van der Waals surface area contributed by atoms with E-state index < -0.39 is 20.0 Å². The van der Waals surface area contributed by atoms with E-state index in [2.05, 4.69) is 0 Å². The van der Waals surface area contributed by atoms with Crippen LogP contribution in [0.3, 0.4) is 0 Å². The van der Waals surface area contributed by atoms with Crippen molar-refractivity contribution in [3.05, 3.63) is 84.2 Å². The van der Waals surface area contributed by atoms with Crippen molar-refractivity contribution >= 4 is 20.0 Å². The van der Waals surface area contributed by atoms with Gasteiger partial charge in [0.25, 0.3) is 20.0 Å². The van der Waals surface area contributed by atoms with Crippen molar-refractivity contribution in [2.75, 3.05) is 13.1 Å². The van der Waals surface area contributed by atoms with E-state index >= 15 is 0 Å². The van der Waals surface area contributed by atoms with Gasteiger partial charge >= 0.3 is 0 Å². The molecule has 148 valence electrons. The molecule has 2 aromatic carbocycles. The predicted molar refractivity (Wildman–Crippen MR) is 108 cm³/mol. The molecule has 2 aromatic rings. The molecular formula is C20H22N2O4S2. The van der Waals surface area contributed by atoms with Gasteiger partial charge in [-0.15, -0.1) is 0 Å². The van der Waals surface area contributed by atoms with Crippen LogP contribution >= 0.6 is 0 Å². The third-order valence-electron chi connectivity index (χ3n) is 4.37. The fraction of sp³-hybridized carbons (Fsp3) is 0.200. The topological polar surface area (TPSA) is 74.8 Å². The Morgan fingerprint density at radius 2 is 0.929 bits per heavy atom. The zero-order valence-electron chi connectivity index (χ0n) is 15.7. The first-order valence-electron chi connectivity index (χ1n) is 8.71. The van der Waals surface area contributed by atoms with Gasteiger partial charge in [0, 0.05) is 12.4 Å². The Hall–Kier alpha value is -2.58. The summed E-state index contributed by atoms with van der Waals surface area (Å²) in [5.74, 6) is 0. The summed E-state index contributed by atoms with van der Waals surface area (Å²) < 4.78 is 53.6. The Morgan fingerprint density at radius 3 is 1.25 bits per heavy atom. The van der Waals surface area contributed by atoms with Crippen LogP contribution < -0.4 is 0 Å². The summed E-state index contributed by atoms with van der Waals surface area (Å²) >= 11 is 0. The SMILES string of the molecule is Cc1ccc(S(=O)(=O)N2/C=C/CN(S(=O)(=O)c3ccc(C)cc3)/C=C/C2)cc1. The maximum atomic E-state index is 12.8. The van der Waals surface area contributed by atoms with Gasteiger partial charge in [-0.1, -0.05) is 35.4 Å². The minimum Gasteiger partial charge on any atom is -0.270 e. The molecule has 1 aliphatic rings. The number of hydrogen-bond donors (Lipinski definition) is 0. The summed E-state index contributed by atoms with van der Waals surface area (Å²) in [5.41, 5.74) is 1.94. The van der Waals surface area contributed by atoms with Crippen LogP contribution in [0.4, 0.5) is 0 Å². The highest BCUT2D eigenvalue weighted by atomic mass is 32.2. The lowest BCUT2D eigenvalue weighted by atomic mass is 10.2. The highest BCUT2D eigenvalue weighted by molar-refractivity contribution is 7.89. The van der Waals surface area contributed by atoms with Gasteiger partial charge in [0.05, 0.1) is 22.9 Å². The van der Waals surface area contributed by atoms with Crippen molar-refractivity contribution in [3.8, 4) is 0 Å². The van der Waals surface area contributed by atoms with Crippen LogP contribution in [0.1, 0.15) is 11.1 Å². The normalized spacial score (nSPS) is 17.6. The molecule has 0 aromatic heterocycles. The van der Waals surface area contributed by atoms with Gasteiger partial charge in [-0.3, -0.25) is 8.61 Å². The molecule has 1 aliphatic heterocycles. The molecule has 8 heteroatoms. The molecule has 0 saturated heterocycles. The second kappa shape index (κ2) is 7.81. The smallest absolute Gasteiger partial charge is 0.264 e. The standard InChI is InChI=1S/C20H22N2O4S2/c1-17-5-9-19(10-6-17)27(23,24)21-13-3-15-22(16-4-14-21)28(25,26)20-11-7-18(2)8-12-20/h3-13,16H,14-15H2,1-2H3/b13-3+,16-4+. The monoisotopic (exact) mass is 418 g/mol. The maximum Gasteiger partial charge on any atom is 0.264 e. The summed E-state index contributed by atoms with van der Waals surface area (Å²) in [4.78, 5) is 0.390. The number of benzene rings is 2. The van der Waals surface area contributed by atoms with Crippen molar-refractivity contribution in [1.29, 1.82) is 0 Å². The van der Waals surface area contributed by atoms with Crippen LogP contribution in [0.2, 0.25) is 0 Å². The Morgan fingerprint density at radius 1 is 0.607 bits per heavy atom. The molecular weight excluding hydrogens is 396 g/mol. The lowest BCUT2D eigenvalue weighted by molar-refractivity contribution is 0.501. The Labute approximate surface area is 166 Å². The van der Waals surface area contributed by atoms with Gasteiger partial charge in [0.15, 0.2) is 0 Å². The molecule has 1 heterocycles. The molecule has 0 aliphatic carbocycles. The first-order chi connectivity index (χ1) is 13.2. The zero-order valence-corrected chi connectivity index (χ0v) is 17.3. The van der Waals surface area contributed by atoms with Crippen molar-refractivity contribution in [2.24, 2.45) is 0 Å². The number of nitrogens with zero attached hydrogens (tertiary/aromatic N) is 2. The molecule has 0 radical (unpaired) electrons. The molecule has 0 bridgehead atoms. The van der Waals surface area contributed by atoms with Crippen LogP contribution in [0.5, 0.6) is 0 Å². The van der Waals surface area contributed by atoms with Gasteiger partial charge in [-0.25, -0.2) is 16.8 Å². The maximum absolute atomic E-state index is 12.8. The molecule has 0 unspecified atom stereocenters. The highest BCUT2D eigenvalue weighted by Gasteiger charge is 2.24. The van der Waals surface area contributed by atoms with E-state index in [1.54, 1.807) is 48.5 Å². The number of rotatable bonds is 4. The van der Waals surface area contributed by atoms with Crippen LogP contribution in [-0.2, 0) is 20.0 Å². The predicted octanol–water partition coefficient (Wildman–Crippen LogP) is 3.03. The van der Waals surface area contributed by atoms with E-state index in [-0.39, 0.29) is 22.9 Å². The minimum atomic E-state index is -3.70. The Bertz CT molecular complexity index is 1010. The molecule has 0 atom stereocenters. The van der Waals surface area contributed by atoms with E-state index in [0.29, 0.717) is 0 Å². The minimum absolute atomic E-state index is 0.0344. The molecule has 28 heavy (non-hydrogen) atoms. The molecule has 3 rings (SSSR count). The molecule has 6 nitrogen and oxygen atoms in total. The van der Waals surface area contributed by atoms with Gasteiger partial charge in [0.2, 0.25) is 0 Å². The summed E-state index contributed by atoms with van der Waals surface area (Å²) in [6, 6.07) is 13.2. The average Bonchev–Trinajstić information content (AvgIpc) is 2.62. The lowest BCUT2D eigenvalue weighted by Crippen LogP contribution is -2.31. The third-order valence-corrected chi connectivity index (χ3v) is 7.88. The molecule has 0 amide bonds. The van der Waals surface area contributed by atoms with E-state index in [9.17, 15) is 16.8 Å². The van der Waals surface area contributed by atoms with Crippen molar-refractivity contribution in [1.82, 2.24) is 8.61 Å². The van der Waals surface area contributed by atoms with E-state index in [0.717, 1.165) is 11.1 Å². The zero-order chi connectivity index (χ0) is 20.4. The van der Waals surface area contributed by atoms with Gasteiger partial charge < -0.3 is 0 Å². The number of sulfonamides is 2. The van der Waals surface area contributed by atoms with Gasteiger partial charge in [-0.05, 0) is 50.3 Å². The van der Waals surface area contributed by atoms with Crippen LogP contribution in [0.25, 0.3) is 0 Å². The van der Waals surface area contributed by atoms with Crippen molar-refractivity contribution in [3.63, 3.8) is 0 Å². The summed E-state index contributed by atoms with van der Waals surface area (Å²) in [6.07, 6.45) is 5.88. The largest absolute Gasteiger partial charge is 0.270 e. The fourth-order valence-electron chi connectivity index (χ4n) is 2.71. The average molecular weight is 419 g/mol. The second-order valence-corrected chi connectivity index (χ2v) is 10.3. The van der Waals surface area contributed by atoms with Crippen LogP contribution in [0.15, 0.2) is 82.9 Å². The van der Waals surface area contributed by atoms with Crippen molar-refractivity contribution < 1.29 is 16.8 Å². The van der Waals surface area contributed by atoms with Gasteiger partial charge in [-0.2, -0.15) is 0 Å². The third kappa shape index (κ3) is 4.13. The van der Waals surface area contributed by atoms with Crippen LogP contribution in [0, 0.1) is 13.8 Å². The number of aryl methyl sites for hydroxylation is 2. The van der Waals surface area contributed by atoms with Crippen LogP contribution in [-0.4, -0.2) is 38.5 Å². The number of hydrogen-bond acceptors (Lipinski definition) is 4. The molecule has 0 N–H and O–H groups in total. The van der Waals surface area contributed by atoms with E-state index in [1.807, 2.05) is 13.8 Å². The summed E-state index contributed by atoms with van der Waals surface area (Å²) in [5, 5.41) is 0. The summed E-state index contributed by atoms with van der Waals surface area (Å²) in [7, 11) is -7.40. The molecule has 0 spiro atoms. The Kier molecular flexibility index (Phi) is 5.62. The quantitative estimate of drug-likeness (QED) is 0.765. The first kappa shape index (κ1) is 20.2. The molecule has 0 fully saturated rings. The Balaban J connectivity index is 1.82. The lowest BCUT2D eigenvalue weighted by Gasteiger charge is -2.24. The van der Waals surface area contributed by atoms with E-state index in [4.69, 9.17) is 0 Å². The summed E-state index contributed by atoms with van der Waals surface area (Å²) in [6.45, 7) is 3.84.